The van der Waals surface area contributed by atoms with Crippen molar-refractivity contribution in [1.29, 1.82) is 0 Å². The Hall–Kier alpha value is -2.88. The van der Waals surface area contributed by atoms with Crippen LogP contribution in [0.5, 0.6) is 0 Å². The lowest BCUT2D eigenvalue weighted by Crippen LogP contribution is -2.24. The molecule has 2 aromatic carbocycles. The van der Waals surface area contributed by atoms with Crippen molar-refractivity contribution < 1.29 is 14.4 Å². The Morgan fingerprint density at radius 1 is 1.00 bits per heavy atom. The van der Waals surface area contributed by atoms with Crippen molar-refractivity contribution in [3.05, 3.63) is 70.2 Å². The Bertz CT molecular complexity index is 1100. The van der Waals surface area contributed by atoms with Crippen LogP contribution in [0.2, 0.25) is 5.02 Å². The van der Waals surface area contributed by atoms with Crippen LogP contribution in [-0.2, 0) is 27.3 Å². The molecule has 0 radical (unpaired) electrons. The number of thiazole rings is 1. The van der Waals surface area contributed by atoms with Gasteiger partial charge in [0, 0.05) is 35.2 Å². The Balaban J connectivity index is 1.41. The number of carbonyl (C=O) groups is 3. The van der Waals surface area contributed by atoms with Crippen molar-refractivity contribution in [3.8, 4) is 0 Å². The minimum Gasteiger partial charge on any atom is -0.352 e. The van der Waals surface area contributed by atoms with Crippen LogP contribution in [0.15, 0.2) is 58.3 Å². The minimum absolute atomic E-state index is 0.146. The lowest BCUT2D eigenvalue weighted by atomic mass is 10.2. The van der Waals surface area contributed by atoms with Crippen LogP contribution in [0.4, 0.5) is 11.4 Å². The zero-order chi connectivity index (χ0) is 22.9. The molecule has 3 N–H and O–H groups in total. The summed E-state index contributed by atoms with van der Waals surface area (Å²) in [7, 11) is 0. The van der Waals surface area contributed by atoms with Crippen molar-refractivity contribution in [3.63, 3.8) is 0 Å². The number of thioether (sulfide) groups is 1. The van der Waals surface area contributed by atoms with E-state index < -0.39 is 0 Å². The van der Waals surface area contributed by atoms with Crippen molar-refractivity contribution in [2.24, 2.45) is 0 Å². The van der Waals surface area contributed by atoms with Crippen molar-refractivity contribution in [2.45, 2.75) is 24.2 Å². The molecule has 1 aromatic heterocycles. The average molecular weight is 489 g/mol. The highest BCUT2D eigenvalue weighted by Gasteiger charge is 2.11. The van der Waals surface area contributed by atoms with E-state index in [2.05, 4.69) is 20.9 Å². The van der Waals surface area contributed by atoms with Crippen LogP contribution in [0.3, 0.4) is 0 Å². The molecule has 0 aliphatic heterocycles. The van der Waals surface area contributed by atoms with Gasteiger partial charge >= 0.3 is 0 Å². The van der Waals surface area contributed by atoms with Gasteiger partial charge in [-0.05, 0) is 35.9 Å². The molecule has 3 amide bonds. The molecular formula is C22H21ClN4O3S2. The molecule has 0 fully saturated rings. The number of nitrogens with zero attached hydrogens (tertiary/aromatic N) is 1. The van der Waals surface area contributed by atoms with E-state index in [-0.39, 0.29) is 29.9 Å². The fourth-order valence-electron chi connectivity index (χ4n) is 2.66. The number of rotatable bonds is 9. The van der Waals surface area contributed by atoms with E-state index in [0.717, 1.165) is 9.90 Å². The molecule has 3 aromatic rings. The van der Waals surface area contributed by atoms with Gasteiger partial charge in [0.2, 0.25) is 17.7 Å². The molecule has 1 heterocycles. The van der Waals surface area contributed by atoms with Gasteiger partial charge in [0.05, 0.1) is 17.9 Å². The number of amides is 3. The Kier molecular flexibility index (Phi) is 8.66. The number of benzene rings is 2. The van der Waals surface area contributed by atoms with E-state index >= 15 is 0 Å². The van der Waals surface area contributed by atoms with Gasteiger partial charge in [-0.15, -0.1) is 11.3 Å². The number of halogens is 1. The quantitative estimate of drug-likeness (QED) is 0.389. The van der Waals surface area contributed by atoms with E-state index in [1.807, 2.05) is 23.6 Å². The van der Waals surface area contributed by atoms with Crippen LogP contribution in [-0.4, -0.2) is 28.5 Å². The molecule has 10 heteroatoms. The largest absolute Gasteiger partial charge is 0.352 e. The van der Waals surface area contributed by atoms with Gasteiger partial charge in [0.15, 0.2) is 4.34 Å². The normalized spacial score (nSPS) is 10.4. The topological polar surface area (TPSA) is 100 Å². The van der Waals surface area contributed by atoms with Crippen LogP contribution in [0.1, 0.15) is 18.2 Å². The predicted octanol–water partition coefficient (Wildman–Crippen LogP) is 4.34. The number of aromatic nitrogens is 1. The lowest BCUT2D eigenvalue weighted by molar-refractivity contribution is -0.120. The molecule has 0 spiro atoms. The molecular weight excluding hydrogens is 468 g/mol. The molecule has 0 aliphatic rings. The molecule has 166 valence electrons. The molecule has 0 saturated heterocycles. The Labute approximate surface area is 199 Å². The summed E-state index contributed by atoms with van der Waals surface area (Å²) in [5.74, 6) is -0.276. The maximum Gasteiger partial charge on any atom is 0.234 e. The summed E-state index contributed by atoms with van der Waals surface area (Å²) in [6.07, 6.45) is 0.161. The highest BCUT2D eigenvalue weighted by Crippen LogP contribution is 2.23. The summed E-state index contributed by atoms with van der Waals surface area (Å²) in [5.41, 5.74) is 2.81. The number of anilines is 2. The number of hydrogen-bond acceptors (Lipinski definition) is 6. The first kappa shape index (κ1) is 23.8. The molecule has 3 rings (SSSR count). The van der Waals surface area contributed by atoms with Gasteiger partial charge in [0.25, 0.3) is 0 Å². The second-order valence-corrected chi connectivity index (χ2v) is 9.23. The summed E-state index contributed by atoms with van der Waals surface area (Å²) >= 11 is 8.80. The van der Waals surface area contributed by atoms with Crippen LogP contribution in [0.25, 0.3) is 0 Å². The monoisotopic (exact) mass is 488 g/mol. The Morgan fingerprint density at radius 2 is 1.69 bits per heavy atom. The number of nitrogens with one attached hydrogen (secondary N) is 3. The van der Waals surface area contributed by atoms with Crippen LogP contribution < -0.4 is 16.0 Å². The smallest absolute Gasteiger partial charge is 0.234 e. The van der Waals surface area contributed by atoms with Gasteiger partial charge in [-0.25, -0.2) is 4.98 Å². The van der Waals surface area contributed by atoms with Crippen LogP contribution >= 0.6 is 34.7 Å². The Morgan fingerprint density at radius 3 is 2.38 bits per heavy atom. The van der Waals surface area contributed by atoms with Crippen LogP contribution in [0, 0.1) is 0 Å². The van der Waals surface area contributed by atoms with E-state index in [4.69, 9.17) is 11.6 Å². The predicted molar refractivity (Wildman–Crippen MR) is 129 cm³/mol. The van der Waals surface area contributed by atoms with Gasteiger partial charge in [0.1, 0.15) is 0 Å². The van der Waals surface area contributed by atoms with Crippen molar-refractivity contribution in [1.82, 2.24) is 10.3 Å². The fourth-order valence-corrected chi connectivity index (χ4v) is 4.51. The van der Waals surface area contributed by atoms with E-state index in [0.29, 0.717) is 28.6 Å². The van der Waals surface area contributed by atoms with Gasteiger partial charge < -0.3 is 16.0 Å². The minimum atomic E-state index is -0.170. The van der Waals surface area contributed by atoms with Gasteiger partial charge in [-0.3, -0.25) is 14.4 Å². The summed E-state index contributed by atoms with van der Waals surface area (Å²) in [6.45, 7) is 1.79. The third kappa shape index (κ3) is 7.67. The van der Waals surface area contributed by atoms with E-state index in [9.17, 15) is 14.4 Å². The number of hydrogen-bond donors (Lipinski definition) is 3. The maximum absolute atomic E-state index is 12.2. The average Bonchev–Trinajstić information content (AvgIpc) is 3.20. The second kappa shape index (κ2) is 11.7. The first-order chi connectivity index (χ1) is 15.4. The molecule has 7 nitrogen and oxygen atoms in total. The summed E-state index contributed by atoms with van der Waals surface area (Å²) < 4.78 is 0.718. The molecule has 0 atom stereocenters. The summed E-state index contributed by atoms with van der Waals surface area (Å²) in [6, 6.07) is 14.2. The van der Waals surface area contributed by atoms with Crippen molar-refractivity contribution in [2.75, 3.05) is 16.4 Å². The highest BCUT2D eigenvalue weighted by molar-refractivity contribution is 8.01. The molecule has 32 heavy (non-hydrogen) atoms. The maximum atomic E-state index is 12.2. The molecule has 0 aliphatic carbocycles. The molecule has 0 unspecified atom stereocenters. The molecule has 0 bridgehead atoms. The third-order valence-corrected chi connectivity index (χ3v) is 6.56. The highest BCUT2D eigenvalue weighted by atomic mass is 35.5. The van der Waals surface area contributed by atoms with E-state index in [1.54, 1.807) is 30.3 Å². The molecule has 0 saturated carbocycles. The van der Waals surface area contributed by atoms with Gasteiger partial charge in [-0.1, -0.05) is 41.6 Å². The summed E-state index contributed by atoms with van der Waals surface area (Å²) in [5, 5.41) is 10.7. The van der Waals surface area contributed by atoms with Gasteiger partial charge in [-0.2, -0.15) is 0 Å². The first-order valence-corrected chi connectivity index (χ1v) is 11.9. The van der Waals surface area contributed by atoms with Crippen molar-refractivity contribution >= 4 is 63.8 Å². The standard InChI is InChI=1S/C22H21ClN4O3S2/c1-14(28)25-16-6-8-17(9-7-16)26-21(30)13-32-22-27-18(12-31-22)10-20(29)24-11-15-4-2-3-5-19(15)23/h2-9,12H,10-11,13H2,1H3,(H,24,29)(H,25,28)(H,26,30). The first-order valence-electron chi connectivity index (χ1n) is 9.64. The lowest BCUT2D eigenvalue weighted by Gasteiger charge is -2.06. The second-order valence-electron chi connectivity index (χ2n) is 6.75. The third-order valence-electron chi connectivity index (χ3n) is 4.12. The zero-order valence-corrected chi connectivity index (χ0v) is 19.6. The van der Waals surface area contributed by atoms with E-state index in [1.165, 1.54) is 30.0 Å². The SMILES string of the molecule is CC(=O)Nc1ccc(NC(=O)CSc2nc(CC(=O)NCc3ccccc3Cl)cs2)cc1. The fraction of sp³-hybridized carbons (Fsp3) is 0.182. The zero-order valence-electron chi connectivity index (χ0n) is 17.2. The summed E-state index contributed by atoms with van der Waals surface area (Å²) in [4.78, 5) is 39.8. The number of carbonyl (C=O) groups excluding carboxylic acids is 3.